The number of rotatable bonds is 8. The number of aryl methyl sites for hydroxylation is 1. The van der Waals surface area contributed by atoms with Gasteiger partial charge in [0.1, 0.15) is 6.29 Å². The van der Waals surface area contributed by atoms with Crippen LogP contribution in [0.2, 0.25) is 0 Å². The van der Waals surface area contributed by atoms with Crippen LogP contribution in [0.5, 0.6) is 0 Å². The maximum Gasteiger partial charge on any atom is 0.229 e. The van der Waals surface area contributed by atoms with Crippen molar-refractivity contribution in [2.24, 2.45) is 11.8 Å². The third-order valence-electron chi connectivity index (χ3n) is 6.58. The molecule has 5 heteroatoms. The highest BCUT2D eigenvalue weighted by Gasteiger charge is 2.27. The van der Waals surface area contributed by atoms with Crippen molar-refractivity contribution >= 4 is 28.7 Å². The zero-order chi connectivity index (χ0) is 22.3. The molecule has 2 aromatic carbocycles. The number of carbonyl (C=O) groups excluding carboxylic acids is 2. The van der Waals surface area contributed by atoms with Crippen LogP contribution in [0.1, 0.15) is 55.6 Å². The highest BCUT2D eigenvalue weighted by atomic mass is 32.1. The van der Waals surface area contributed by atoms with Crippen molar-refractivity contribution < 1.29 is 9.59 Å². The Morgan fingerprint density at radius 2 is 1.81 bits per heavy atom. The van der Waals surface area contributed by atoms with E-state index >= 15 is 0 Å². The molecule has 1 heterocycles. The zero-order valence-electron chi connectivity index (χ0n) is 18.5. The lowest BCUT2D eigenvalue weighted by Gasteiger charge is -2.28. The van der Waals surface area contributed by atoms with Crippen LogP contribution < -0.4 is 5.32 Å². The van der Waals surface area contributed by atoms with Gasteiger partial charge in [0.25, 0.3) is 0 Å². The van der Waals surface area contributed by atoms with Crippen LogP contribution in [0.3, 0.4) is 0 Å². The molecule has 166 valence electrons. The molecule has 0 radical (unpaired) electrons. The van der Waals surface area contributed by atoms with Gasteiger partial charge in [-0.2, -0.15) is 0 Å². The predicted octanol–water partition coefficient (Wildman–Crippen LogP) is 6.63. The predicted molar refractivity (Wildman–Crippen MR) is 131 cm³/mol. The van der Waals surface area contributed by atoms with Crippen LogP contribution in [0.25, 0.3) is 11.3 Å². The SMILES string of the molecule is Cc1ccc(C(C=O)CCC2CCC(C(=O)Nc3nc(-c4ccccc4)cs3)CC2)cc1. The molecule has 0 saturated heterocycles. The van der Waals surface area contributed by atoms with Crippen molar-refractivity contribution in [3.63, 3.8) is 0 Å². The maximum atomic E-state index is 12.8. The van der Waals surface area contributed by atoms with E-state index in [0.29, 0.717) is 11.0 Å². The van der Waals surface area contributed by atoms with E-state index in [1.54, 1.807) is 0 Å². The van der Waals surface area contributed by atoms with E-state index in [2.05, 4.69) is 41.5 Å². The largest absolute Gasteiger partial charge is 0.303 e. The molecular formula is C27H30N2O2S. The number of hydrogen-bond acceptors (Lipinski definition) is 4. The fourth-order valence-corrected chi connectivity index (χ4v) is 5.26. The Balaban J connectivity index is 1.24. The molecule has 1 N–H and O–H groups in total. The fourth-order valence-electron chi connectivity index (χ4n) is 4.54. The van der Waals surface area contributed by atoms with Gasteiger partial charge >= 0.3 is 0 Å². The van der Waals surface area contributed by atoms with Crippen LogP contribution in [0.15, 0.2) is 60.0 Å². The first kappa shape index (κ1) is 22.4. The van der Waals surface area contributed by atoms with E-state index in [4.69, 9.17) is 0 Å². The standard InChI is InChI=1S/C27H30N2O2S/c1-19-7-12-21(13-8-19)24(17-30)16-11-20-9-14-23(15-10-20)26(31)29-27-28-25(18-32-27)22-5-3-2-4-6-22/h2-8,12-13,17-18,20,23-24H,9-11,14-16H2,1H3,(H,28,29,31). The highest BCUT2D eigenvalue weighted by Crippen LogP contribution is 2.35. The van der Waals surface area contributed by atoms with Gasteiger partial charge in [-0.05, 0) is 56.9 Å². The molecule has 1 atom stereocenters. The van der Waals surface area contributed by atoms with E-state index in [1.165, 1.54) is 16.9 Å². The Kier molecular flexibility index (Phi) is 7.48. The Hall–Kier alpha value is -2.79. The molecule has 1 aliphatic rings. The van der Waals surface area contributed by atoms with E-state index in [-0.39, 0.29) is 17.7 Å². The van der Waals surface area contributed by atoms with Gasteiger partial charge in [0.05, 0.1) is 5.69 Å². The number of carbonyl (C=O) groups is 2. The van der Waals surface area contributed by atoms with Crippen LogP contribution in [-0.4, -0.2) is 17.2 Å². The molecule has 1 aromatic heterocycles. The summed E-state index contributed by atoms with van der Waals surface area (Å²) in [4.78, 5) is 28.9. The molecule has 4 rings (SSSR count). The maximum absolute atomic E-state index is 12.8. The number of aldehydes is 1. The van der Waals surface area contributed by atoms with Crippen molar-refractivity contribution in [3.8, 4) is 11.3 Å². The average Bonchev–Trinajstić information content (AvgIpc) is 3.30. The van der Waals surface area contributed by atoms with Gasteiger partial charge in [0.2, 0.25) is 5.91 Å². The molecule has 0 spiro atoms. The van der Waals surface area contributed by atoms with E-state index in [0.717, 1.165) is 61.6 Å². The average molecular weight is 447 g/mol. The second-order valence-corrected chi connectivity index (χ2v) is 9.70. The first-order valence-corrected chi connectivity index (χ1v) is 12.3. The van der Waals surface area contributed by atoms with Crippen molar-refractivity contribution in [1.29, 1.82) is 0 Å². The number of amides is 1. The molecule has 1 saturated carbocycles. The summed E-state index contributed by atoms with van der Waals surface area (Å²) < 4.78 is 0. The number of nitrogens with one attached hydrogen (secondary N) is 1. The van der Waals surface area contributed by atoms with E-state index in [1.807, 2.05) is 35.7 Å². The zero-order valence-corrected chi connectivity index (χ0v) is 19.3. The third kappa shape index (κ3) is 5.71. The van der Waals surface area contributed by atoms with Crippen molar-refractivity contribution in [2.75, 3.05) is 5.32 Å². The van der Waals surface area contributed by atoms with Crippen LogP contribution in [-0.2, 0) is 9.59 Å². The Morgan fingerprint density at radius 1 is 1.09 bits per heavy atom. The lowest BCUT2D eigenvalue weighted by atomic mass is 9.78. The summed E-state index contributed by atoms with van der Waals surface area (Å²) in [6.07, 6.45) is 6.91. The van der Waals surface area contributed by atoms with Crippen LogP contribution >= 0.6 is 11.3 Å². The molecule has 3 aromatic rings. The Morgan fingerprint density at radius 3 is 2.50 bits per heavy atom. The number of aromatic nitrogens is 1. The molecule has 32 heavy (non-hydrogen) atoms. The summed E-state index contributed by atoms with van der Waals surface area (Å²) in [5, 5.41) is 5.68. The number of thiazole rings is 1. The van der Waals surface area contributed by atoms with Crippen LogP contribution in [0.4, 0.5) is 5.13 Å². The lowest BCUT2D eigenvalue weighted by Crippen LogP contribution is -2.27. The smallest absolute Gasteiger partial charge is 0.229 e. The summed E-state index contributed by atoms with van der Waals surface area (Å²) in [5.74, 6) is 0.703. The van der Waals surface area contributed by atoms with Gasteiger partial charge < -0.3 is 10.1 Å². The summed E-state index contributed by atoms with van der Waals surface area (Å²) in [7, 11) is 0. The molecule has 1 fully saturated rings. The third-order valence-corrected chi connectivity index (χ3v) is 7.33. The van der Waals surface area contributed by atoms with Gasteiger partial charge in [0, 0.05) is 22.8 Å². The minimum absolute atomic E-state index is 0.0275. The van der Waals surface area contributed by atoms with E-state index < -0.39 is 0 Å². The molecule has 0 bridgehead atoms. The Bertz CT molecular complexity index is 1020. The minimum atomic E-state index is -0.0275. The van der Waals surface area contributed by atoms with Gasteiger partial charge in [-0.15, -0.1) is 11.3 Å². The summed E-state index contributed by atoms with van der Waals surface area (Å²) >= 11 is 1.47. The van der Waals surface area contributed by atoms with Crippen molar-refractivity contribution in [2.45, 2.75) is 51.4 Å². The molecular weight excluding hydrogens is 416 g/mol. The van der Waals surface area contributed by atoms with Crippen molar-refractivity contribution in [3.05, 3.63) is 71.1 Å². The van der Waals surface area contributed by atoms with Crippen molar-refractivity contribution in [1.82, 2.24) is 4.98 Å². The Labute approximate surface area is 194 Å². The molecule has 1 aliphatic carbocycles. The van der Waals surface area contributed by atoms with E-state index in [9.17, 15) is 9.59 Å². The first-order valence-electron chi connectivity index (χ1n) is 11.5. The monoisotopic (exact) mass is 446 g/mol. The summed E-state index contributed by atoms with van der Waals surface area (Å²) in [5.41, 5.74) is 4.28. The number of hydrogen-bond donors (Lipinski definition) is 1. The second kappa shape index (κ2) is 10.7. The fraction of sp³-hybridized carbons (Fsp3) is 0.370. The number of anilines is 1. The number of nitrogens with zero attached hydrogens (tertiary/aromatic N) is 1. The first-order chi connectivity index (χ1) is 15.6. The van der Waals surface area contributed by atoms with Gasteiger partial charge in [-0.1, -0.05) is 60.2 Å². The summed E-state index contributed by atoms with van der Waals surface area (Å²) in [6.45, 7) is 2.06. The quantitative estimate of drug-likeness (QED) is 0.395. The second-order valence-electron chi connectivity index (χ2n) is 8.84. The van der Waals surface area contributed by atoms with Crippen LogP contribution in [0, 0.1) is 18.8 Å². The lowest BCUT2D eigenvalue weighted by molar-refractivity contribution is -0.121. The molecule has 1 unspecified atom stereocenters. The number of benzene rings is 2. The highest BCUT2D eigenvalue weighted by molar-refractivity contribution is 7.14. The van der Waals surface area contributed by atoms with Gasteiger partial charge in [-0.25, -0.2) is 4.98 Å². The topological polar surface area (TPSA) is 59.1 Å². The molecule has 1 amide bonds. The minimum Gasteiger partial charge on any atom is -0.303 e. The van der Waals surface area contributed by atoms with Gasteiger partial charge in [-0.3, -0.25) is 4.79 Å². The molecule has 0 aliphatic heterocycles. The summed E-state index contributed by atoms with van der Waals surface area (Å²) in [6, 6.07) is 18.3. The molecule has 4 nitrogen and oxygen atoms in total. The normalized spacial score (nSPS) is 19.3. The van der Waals surface area contributed by atoms with Gasteiger partial charge in [0.15, 0.2) is 5.13 Å².